The lowest BCUT2D eigenvalue weighted by Gasteiger charge is -2.31. The summed E-state index contributed by atoms with van der Waals surface area (Å²) in [6.07, 6.45) is 10.4. The van der Waals surface area contributed by atoms with Gasteiger partial charge in [0.25, 0.3) is 0 Å². The van der Waals surface area contributed by atoms with Gasteiger partial charge >= 0.3 is 5.97 Å². The van der Waals surface area contributed by atoms with Crippen LogP contribution in [0.3, 0.4) is 0 Å². The van der Waals surface area contributed by atoms with Crippen LogP contribution in [0, 0.1) is 0 Å². The van der Waals surface area contributed by atoms with E-state index in [1.165, 1.54) is 37.0 Å². The Kier molecular flexibility index (Phi) is 12.7. The minimum atomic E-state index is -0.779. The molecule has 3 rings (SSSR count). The Balaban J connectivity index is 1.55. The topological polar surface area (TPSA) is 110 Å². The van der Waals surface area contributed by atoms with Crippen LogP contribution in [0.4, 0.5) is 5.69 Å². The predicted octanol–water partition coefficient (Wildman–Crippen LogP) is 6.64. The van der Waals surface area contributed by atoms with Gasteiger partial charge in [-0.3, -0.25) is 4.79 Å². The smallest absolute Gasteiger partial charge is 0.329 e. The molecule has 2 aromatic carbocycles. The number of nitrogens with two attached hydrogens (primary N) is 1. The fourth-order valence-electron chi connectivity index (χ4n) is 4.85. The monoisotopic (exact) mass is 587 g/mol. The van der Waals surface area contributed by atoms with E-state index in [-0.39, 0.29) is 5.91 Å². The first-order valence-corrected chi connectivity index (χ1v) is 15.6. The van der Waals surface area contributed by atoms with Gasteiger partial charge in [0.05, 0.1) is 6.04 Å². The van der Waals surface area contributed by atoms with E-state index in [1.807, 2.05) is 43.6 Å². The van der Waals surface area contributed by atoms with E-state index in [4.69, 9.17) is 10.5 Å². The zero-order chi connectivity index (χ0) is 31.4. The molecule has 0 saturated carbocycles. The van der Waals surface area contributed by atoms with Gasteiger partial charge in [0.15, 0.2) is 5.82 Å². The van der Waals surface area contributed by atoms with E-state index < -0.39 is 23.7 Å². The summed E-state index contributed by atoms with van der Waals surface area (Å²) in [4.78, 5) is 36.3. The number of hydrogen-bond acceptors (Lipinski definition) is 7. The van der Waals surface area contributed by atoms with E-state index in [9.17, 15) is 9.59 Å². The quantitative estimate of drug-likeness (QED) is 0.151. The third kappa shape index (κ3) is 10.5. The summed E-state index contributed by atoms with van der Waals surface area (Å²) in [6.45, 7) is 12.5. The van der Waals surface area contributed by atoms with Crippen LogP contribution in [0.15, 0.2) is 60.9 Å². The van der Waals surface area contributed by atoms with Gasteiger partial charge in [0, 0.05) is 42.3 Å². The van der Waals surface area contributed by atoms with Crippen molar-refractivity contribution in [2.75, 3.05) is 18.4 Å². The van der Waals surface area contributed by atoms with Gasteiger partial charge < -0.3 is 20.7 Å². The molecule has 8 nitrogen and oxygen atoms in total. The molecule has 1 heterocycles. The number of likely N-dealkylation sites (N-methyl/N-ethyl adjacent to an activating group) is 1. The van der Waals surface area contributed by atoms with Gasteiger partial charge in [-0.15, -0.1) is 0 Å². The highest BCUT2D eigenvalue weighted by molar-refractivity contribution is 5.87. The van der Waals surface area contributed by atoms with Crippen molar-refractivity contribution >= 4 is 17.6 Å². The average Bonchev–Trinajstić information content (AvgIpc) is 2.99. The molecular formula is C35H49N5O3. The number of hydrogen-bond donors (Lipinski definition) is 2. The van der Waals surface area contributed by atoms with Crippen LogP contribution in [0.2, 0.25) is 0 Å². The molecule has 43 heavy (non-hydrogen) atoms. The summed E-state index contributed by atoms with van der Waals surface area (Å²) in [5.41, 5.74) is 10.6. The van der Waals surface area contributed by atoms with Crippen LogP contribution in [-0.2, 0) is 20.7 Å². The Hall–Kier alpha value is -3.78. The number of carbonyl (C=O) groups is 2. The molecule has 0 spiro atoms. The fraction of sp³-hybridized carbons (Fsp3) is 0.486. The first kappa shape index (κ1) is 33.7. The lowest BCUT2D eigenvalue weighted by molar-refractivity contribution is -0.164. The molecule has 0 aliphatic carbocycles. The van der Waals surface area contributed by atoms with Gasteiger partial charge in [0.2, 0.25) is 5.91 Å². The SMILES string of the molecule is CCCCCCCNc1ccc(-c2cnc(-c3ccc(CC(N)C(=O)N(CC)C(C)C(=O)OC(C)(C)C)cc3)nc2)cc1. The third-order valence-corrected chi connectivity index (χ3v) is 7.30. The van der Waals surface area contributed by atoms with Crippen LogP contribution >= 0.6 is 0 Å². The maximum Gasteiger partial charge on any atom is 0.329 e. The molecule has 2 unspecified atom stereocenters. The van der Waals surface area contributed by atoms with E-state index >= 15 is 0 Å². The number of esters is 1. The molecule has 1 amide bonds. The molecule has 3 aromatic rings. The first-order chi connectivity index (χ1) is 20.5. The number of nitrogens with one attached hydrogen (secondary N) is 1. The maximum absolute atomic E-state index is 13.1. The van der Waals surface area contributed by atoms with Crippen molar-refractivity contribution in [1.29, 1.82) is 0 Å². The van der Waals surface area contributed by atoms with Gasteiger partial charge in [-0.05, 0) is 70.7 Å². The highest BCUT2D eigenvalue weighted by atomic mass is 16.6. The molecule has 0 fully saturated rings. The summed E-state index contributed by atoms with van der Waals surface area (Å²) in [5, 5.41) is 3.50. The van der Waals surface area contributed by atoms with Crippen LogP contribution in [0.1, 0.15) is 79.2 Å². The van der Waals surface area contributed by atoms with E-state index in [1.54, 1.807) is 27.7 Å². The van der Waals surface area contributed by atoms with E-state index in [2.05, 4.69) is 46.5 Å². The molecule has 1 aromatic heterocycles. The molecule has 0 aliphatic rings. The first-order valence-electron chi connectivity index (χ1n) is 15.6. The van der Waals surface area contributed by atoms with Crippen molar-refractivity contribution in [2.24, 2.45) is 5.73 Å². The molecule has 0 radical (unpaired) electrons. The van der Waals surface area contributed by atoms with Crippen LogP contribution in [0.5, 0.6) is 0 Å². The van der Waals surface area contributed by atoms with Crippen molar-refractivity contribution < 1.29 is 14.3 Å². The van der Waals surface area contributed by atoms with Crippen LogP contribution < -0.4 is 11.1 Å². The second-order valence-electron chi connectivity index (χ2n) is 12.1. The summed E-state index contributed by atoms with van der Waals surface area (Å²) in [6, 6.07) is 14.6. The summed E-state index contributed by atoms with van der Waals surface area (Å²) < 4.78 is 5.46. The minimum Gasteiger partial charge on any atom is -0.458 e. The number of ether oxygens (including phenoxy) is 1. The Morgan fingerprint density at radius 1 is 0.884 bits per heavy atom. The van der Waals surface area contributed by atoms with Gasteiger partial charge in [0.1, 0.15) is 11.6 Å². The highest BCUT2D eigenvalue weighted by Crippen LogP contribution is 2.23. The number of benzene rings is 2. The van der Waals surface area contributed by atoms with Crippen molar-refractivity contribution in [1.82, 2.24) is 14.9 Å². The second kappa shape index (κ2) is 16.2. The number of nitrogens with zero attached hydrogens (tertiary/aromatic N) is 3. The third-order valence-electron chi connectivity index (χ3n) is 7.30. The molecular weight excluding hydrogens is 538 g/mol. The van der Waals surface area contributed by atoms with Gasteiger partial charge in [-0.2, -0.15) is 0 Å². The molecule has 2 atom stereocenters. The van der Waals surface area contributed by atoms with Crippen molar-refractivity contribution in [3.63, 3.8) is 0 Å². The Labute approximate surface area is 257 Å². The summed E-state index contributed by atoms with van der Waals surface area (Å²) in [7, 11) is 0. The summed E-state index contributed by atoms with van der Waals surface area (Å²) >= 11 is 0. The predicted molar refractivity (Wildman–Crippen MR) is 175 cm³/mol. The highest BCUT2D eigenvalue weighted by Gasteiger charge is 2.31. The molecule has 0 bridgehead atoms. The fourth-order valence-corrected chi connectivity index (χ4v) is 4.85. The lowest BCUT2D eigenvalue weighted by atomic mass is 10.0. The number of anilines is 1. The van der Waals surface area contributed by atoms with Crippen molar-refractivity contribution in [3.05, 3.63) is 66.5 Å². The standard InChI is InChI=1S/C35H49N5O3/c1-7-9-10-11-12-21-37-30-19-17-27(18-20-30)29-23-38-32(39-24-29)28-15-13-26(14-16-28)22-31(36)33(41)40(8-2)25(3)34(42)43-35(4,5)6/h13-20,23-25,31,37H,7-12,21-22,36H2,1-6H3. The van der Waals surface area contributed by atoms with Crippen LogP contribution in [0.25, 0.3) is 22.5 Å². The zero-order valence-electron chi connectivity index (χ0n) is 26.7. The number of rotatable bonds is 15. The molecule has 0 saturated heterocycles. The maximum atomic E-state index is 13.1. The van der Waals surface area contributed by atoms with Crippen molar-refractivity contribution in [2.45, 2.75) is 97.8 Å². The molecule has 232 valence electrons. The van der Waals surface area contributed by atoms with E-state index in [0.717, 1.165) is 34.5 Å². The van der Waals surface area contributed by atoms with Crippen LogP contribution in [-0.4, -0.2) is 57.5 Å². The second-order valence-corrected chi connectivity index (χ2v) is 12.1. The Morgan fingerprint density at radius 2 is 1.49 bits per heavy atom. The number of carbonyl (C=O) groups excluding carboxylic acids is 2. The molecule has 3 N–H and O–H groups in total. The Bertz CT molecular complexity index is 1290. The van der Waals surface area contributed by atoms with Gasteiger partial charge in [-0.25, -0.2) is 14.8 Å². The average molecular weight is 588 g/mol. The zero-order valence-corrected chi connectivity index (χ0v) is 26.7. The molecule has 0 aliphatic heterocycles. The normalized spacial score (nSPS) is 12.8. The largest absolute Gasteiger partial charge is 0.458 e. The van der Waals surface area contributed by atoms with Gasteiger partial charge in [-0.1, -0.05) is 69.0 Å². The number of unbranched alkanes of at least 4 members (excludes halogenated alkanes) is 4. The van der Waals surface area contributed by atoms with E-state index in [0.29, 0.717) is 18.8 Å². The van der Waals surface area contributed by atoms with Crippen molar-refractivity contribution in [3.8, 4) is 22.5 Å². The molecule has 8 heteroatoms. The summed E-state index contributed by atoms with van der Waals surface area (Å²) in [5.74, 6) is -0.0988. The Morgan fingerprint density at radius 3 is 2.07 bits per heavy atom. The minimum absolute atomic E-state index is 0.282. The lowest BCUT2D eigenvalue weighted by Crippen LogP contribution is -2.52. The number of amides is 1. The number of aromatic nitrogens is 2.